The van der Waals surface area contributed by atoms with Gasteiger partial charge >= 0.3 is 0 Å². The fourth-order valence-electron chi connectivity index (χ4n) is 1.42. The van der Waals surface area contributed by atoms with Crippen LogP contribution in [0.25, 0.3) is 0 Å². The molecule has 0 nitrogen and oxygen atoms in total. The predicted octanol–water partition coefficient (Wildman–Crippen LogP) is 4.64. The second kappa shape index (κ2) is 6.31. The summed E-state index contributed by atoms with van der Waals surface area (Å²) in [6, 6.07) is 4.38. The van der Waals surface area contributed by atoms with E-state index >= 15 is 0 Å². The van der Waals surface area contributed by atoms with E-state index < -0.39 is 0 Å². The Hall–Kier alpha value is -0.220. The minimum atomic E-state index is 0.173. The lowest BCUT2D eigenvalue weighted by atomic mass is 10.2. The van der Waals surface area contributed by atoms with Crippen LogP contribution < -0.4 is 0 Å². The highest BCUT2D eigenvalue weighted by Crippen LogP contribution is 2.29. The van der Waals surface area contributed by atoms with E-state index in [4.69, 9.17) is 0 Å². The van der Waals surface area contributed by atoms with Gasteiger partial charge in [0.25, 0.3) is 0 Å². The summed E-state index contributed by atoms with van der Waals surface area (Å²) in [6.07, 6.45) is 8.51. The van der Waals surface area contributed by atoms with Gasteiger partial charge in [0.2, 0.25) is 0 Å². The van der Waals surface area contributed by atoms with Gasteiger partial charge in [-0.2, -0.15) is 0 Å². The van der Waals surface area contributed by atoms with Crippen molar-refractivity contribution in [3.8, 4) is 0 Å². The normalized spacial score (nSPS) is 10.4. The summed E-state index contributed by atoms with van der Waals surface area (Å²) in [5.41, 5.74) is 0. The van der Waals surface area contributed by atoms with Gasteiger partial charge in [0.1, 0.15) is 0 Å². The molecule has 0 amide bonds. The first-order valence-electron chi connectivity index (χ1n) is 5.04. The van der Waals surface area contributed by atoms with Crippen LogP contribution in [-0.2, 0) is 6.16 Å². The van der Waals surface area contributed by atoms with Crippen molar-refractivity contribution in [1.29, 1.82) is 0 Å². The second-order valence-electron chi connectivity index (χ2n) is 3.34. The van der Waals surface area contributed by atoms with Crippen molar-refractivity contribution >= 4 is 7.53 Å². The van der Waals surface area contributed by atoms with Crippen LogP contribution in [0.4, 0.5) is 0 Å². The van der Waals surface area contributed by atoms with Crippen molar-refractivity contribution < 1.29 is 0 Å². The van der Waals surface area contributed by atoms with E-state index in [1.807, 2.05) is 0 Å². The first-order chi connectivity index (χ1) is 5.93. The third kappa shape index (κ3) is 3.97. The van der Waals surface area contributed by atoms with Gasteiger partial charge in [-0.15, -0.1) is 7.53 Å². The highest BCUT2D eigenvalue weighted by molar-refractivity contribution is 7.47. The molecule has 1 aromatic heterocycles. The average Bonchev–Trinajstić information content (AvgIpc) is 2.57. The zero-order valence-electron chi connectivity index (χ0n) is 8.00. The Morgan fingerprint density at radius 1 is 0.917 bits per heavy atom. The molecule has 1 aromatic rings. The Morgan fingerprint density at radius 3 is 2.25 bits per heavy atom. The van der Waals surface area contributed by atoms with E-state index in [1.54, 1.807) is 0 Å². The minimum absolute atomic E-state index is 0.173. The molecule has 1 rings (SSSR count). The molecule has 0 aliphatic heterocycles. The Labute approximate surface area is 77.1 Å². The molecule has 0 unspecified atom stereocenters. The maximum Gasteiger partial charge on any atom is -0.0141 e. The van der Waals surface area contributed by atoms with Crippen LogP contribution >= 0.6 is 7.53 Å². The van der Waals surface area contributed by atoms with E-state index in [1.165, 1.54) is 38.3 Å². The maximum atomic E-state index is 2.37. The second-order valence-corrected chi connectivity index (χ2v) is 5.41. The molecule has 0 fully saturated rings. The van der Waals surface area contributed by atoms with Gasteiger partial charge in [-0.3, -0.25) is 0 Å². The van der Waals surface area contributed by atoms with Crippen molar-refractivity contribution in [3.05, 3.63) is 23.7 Å². The topological polar surface area (TPSA) is 0 Å². The summed E-state index contributed by atoms with van der Waals surface area (Å²) < 4.78 is 0. The molecular weight excluding hydrogens is 163 g/mol. The third-order valence-corrected chi connectivity index (χ3v) is 4.13. The summed E-state index contributed by atoms with van der Waals surface area (Å²) in [4.78, 5) is 0. The SMILES string of the molecule is CCCCCCCp1cccc1. The standard InChI is InChI=1S/C11H19P/c1-2-3-4-5-6-9-12-10-7-8-11-12/h7-8,10-11H,2-6,9H2,1H3. The Bertz CT molecular complexity index is 177. The fraction of sp³-hybridized carbons (Fsp3) is 0.636. The third-order valence-electron chi connectivity index (χ3n) is 2.19. The predicted molar refractivity (Wildman–Crippen MR) is 57.9 cm³/mol. The molecule has 0 bridgehead atoms. The lowest BCUT2D eigenvalue weighted by Gasteiger charge is -1.98. The van der Waals surface area contributed by atoms with Crippen LogP contribution in [0.1, 0.15) is 39.0 Å². The van der Waals surface area contributed by atoms with E-state index in [-0.39, 0.29) is 7.53 Å². The molecule has 68 valence electrons. The van der Waals surface area contributed by atoms with Gasteiger partial charge in [0, 0.05) is 0 Å². The molecule has 0 N–H and O–H groups in total. The van der Waals surface area contributed by atoms with Gasteiger partial charge in [-0.05, 0) is 24.2 Å². The van der Waals surface area contributed by atoms with Crippen LogP contribution in [0, 0.1) is 0 Å². The van der Waals surface area contributed by atoms with Crippen LogP contribution in [-0.4, -0.2) is 0 Å². The molecule has 0 aliphatic rings. The van der Waals surface area contributed by atoms with Crippen molar-refractivity contribution in [1.82, 2.24) is 0 Å². The highest BCUT2D eigenvalue weighted by atomic mass is 31.1. The zero-order valence-corrected chi connectivity index (χ0v) is 8.89. The maximum absolute atomic E-state index is 2.37. The highest BCUT2D eigenvalue weighted by Gasteiger charge is 1.91. The number of unbranched alkanes of at least 4 members (excludes halogenated alkanes) is 4. The zero-order chi connectivity index (χ0) is 8.65. The van der Waals surface area contributed by atoms with Gasteiger partial charge < -0.3 is 0 Å². The van der Waals surface area contributed by atoms with Crippen LogP contribution in [0.5, 0.6) is 0 Å². The molecule has 12 heavy (non-hydrogen) atoms. The first-order valence-corrected chi connectivity index (χ1v) is 6.70. The Morgan fingerprint density at radius 2 is 1.58 bits per heavy atom. The summed E-state index contributed by atoms with van der Waals surface area (Å²) in [5.74, 6) is 4.74. The number of aryl methyl sites for hydroxylation is 1. The van der Waals surface area contributed by atoms with Crippen molar-refractivity contribution in [3.63, 3.8) is 0 Å². The molecular formula is C11H19P. The van der Waals surface area contributed by atoms with Crippen LogP contribution in [0.2, 0.25) is 0 Å². The monoisotopic (exact) mass is 182 g/mol. The van der Waals surface area contributed by atoms with Crippen LogP contribution in [0.15, 0.2) is 23.7 Å². The van der Waals surface area contributed by atoms with Crippen molar-refractivity contribution in [2.75, 3.05) is 0 Å². The quantitative estimate of drug-likeness (QED) is 0.562. The smallest absolute Gasteiger partial charge is 0.0141 e. The van der Waals surface area contributed by atoms with Gasteiger partial charge in [0.05, 0.1) is 0 Å². The van der Waals surface area contributed by atoms with Crippen molar-refractivity contribution in [2.45, 2.75) is 45.2 Å². The molecule has 0 spiro atoms. The van der Waals surface area contributed by atoms with Crippen LogP contribution in [0.3, 0.4) is 0 Å². The molecule has 0 atom stereocenters. The molecule has 1 heterocycles. The summed E-state index contributed by atoms with van der Waals surface area (Å²) in [5, 5.41) is 0. The molecule has 0 aliphatic carbocycles. The first kappa shape index (κ1) is 9.86. The van der Waals surface area contributed by atoms with E-state index in [2.05, 4.69) is 30.7 Å². The largest absolute Gasteiger partial charge is 0.125 e. The average molecular weight is 182 g/mol. The molecule has 0 saturated carbocycles. The molecule has 1 heteroatoms. The number of hydrogen-bond acceptors (Lipinski definition) is 0. The molecule has 0 radical (unpaired) electrons. The number of rotatable bonds is 6. The van der Waals surface area contributed by atoms with E-state index in [0.29, 0.717) is 0 Å². The summed E-state index contributed by atoms with van der Waals surface area (Å²) >= 11 is 0. The summed E-state index contributed by atoms with van der Waals surface area (Å²) in [6.45, 7) is 2.27. The number of hydrogen-bond donors (Lipinski definition) is 0. The lowest BCUT2D eigenvalue weighted by molar-refractivity contribution is 0.648. The molecule has 0 aromatic carbocycles. The van der Waals surface area contributed by atoms with E-state index in [9.17, 15) is 0 Å². The Kier molecular flexibility index (Phi) is 5.19. The van der Waals surface area contributed by atoms with Gasteiger partial charge in [-0.1, -0.05) is 44.7 Å². The van der Waals surface area contributed by atoms with Crippen molar-refractivity contribution in [2.24, 2.45) is 0 Å². The lowest BCUT2D eigenvalue weighted by Crippen LogP contribution is -1.76. The fourth-order valence-corrected chi connectivity index (χ4v) is 3.04. The Balaban J connectivity index is 1.96. The van der Waals surface area contributed by atoms with Gasteiger partial charge in [0.15, 0.2) is 0 Å². The molecule has 0 saturated heterocycles. The minimum Gasteiger partial charge on any atom is -0.125 e. The van der Waals surface area contributed by atoms with E-state index in [0.717, 1.165) is 0 Å². The van der Waals surface area contributed by atoms with Gasteiger partial charge in [-0.25, -0.2) is 0 Å². The summed E-state index contributed by atoms with van der Waals surface area (Å²) in [7, 11) is 0.173.